The minimum Gasteiger partial charge on any atom is -0.479 e. The van der Waals surface area contributed by atoms with E-state index in [0.717, 1.165) is 61.4 Å². The van der Waals surface area contributed by atoms with Gasteiger partial charge in [0, 0.05) is 61.0 Å². The predicted octanol–water partition coefficient (Wildman–Crippen LogP) is 5.58. The van der Waals surface area contributed by atoms with E-state index in [1.54, 1.807) is 0 Å². The second kappa shape index (κ2) is 11.2. The number of hydrogen-bond acceptors (Lipinski definition) is 7. The van der Waals surface area contributed by atoms with Gasteiger partial charge in [-0.05, 0) is 76.0 Å². The fourth-order valence-corrected chi connectivity index (χ4v) is 6.16. The van der Waals surface area contributed by atoms with Crippen molar-refractivity contribution in [3.05, 3.63) is 68.9 Å². The van der Waals surface area contributed by atoms with Crippen molar-refractivity contribution in [2.24, 2.45) is 5.41 Å². The molecule has 0 aliphatic carbocycles. The smallest absolute Gasteiger partial charge is 0.337 e. The average Bonchev–Trinajstić information content (AvgIpc) is 2.90. The van der Waals surface area contributed by atoms with E-state index in [1.165, 1.54) is 23.4 Å². The second-order valence-electron chi connectivity index (χ2n) is 13.4. The molecule has 0 saturated carbocycles. The van der Waals surface area contributed by atoms with Gasteiger partial charge in [0.2, 0.25) is 5.95 Å². The highest BCUT2D eigenvalue weighted by molar-refractivity contribution is 5.88. The van der Waals surface area contributed by atoms with E-state index in [1.807, 2.05) is 34.6 Å². The number of carbonyl (C=O) groups is 1. The van der Waals surface area contributed by atoms with E-state index in [-0.39, 0.29) is 11.0 Å². The maximum Gasteiger partial charge on any atom is 0.337 e. The van der Waals surface area contributed by atoms with Crippen molar-refractivity contribution in [3.63, 3.8) is 0 Å². The highest BCUT2D eigenvalue weighted by atomic mass is 16.5. The number of hydrogen-bond donors (Lipinski definition) is 2. The number of nitrogens with zero attached hydrogens (tertiary/aromatic N) is 4. The molecular weight excluding hydrogens is 530 g/mol. The van der Waals surface area contributed by atoms with Crippen LogP contribution < -0.4 is 15.4 Å². The van der Waals surface area contributed by atoms with Crippen LogP contribution in [0.4, 0.5) is 11.6 Å². The fourth-order valence-electron chi connectivity index (χ4n) is 6.16. The summed E-state index contributed by atoms with van der Waals surface area (Å²) in [7, 11) is 0. The van der Waals surface area contributed by atoms with Gasteiger partial charge >= 0.3 is 5.97 Å². The van der Waals surface area contributed by atoms with E-state index in [4.69, 9.17) is 9.72 Å². The van der Waals surface area contributed by atoms with E-state index >= 15 is 0 Å². The molecule has 4 heterocycles. The monoisotopic (exact) mass is 573 g/mol. The molecule has 2 aliphatic heterocycles. The molecular formula is C33H43N5O4. The molecule has 42 heavy (non-hydrogen) atoms. The summed E-state index contributed by atoms with van der Waals surface area (Å²) in [4.78, 5) is 41.2. The molecule has 0 bridgehead atoms. The Bertz CT molecular complexity index is 1540. The number of aryl methyl sites for hydroxylation is 2. The maximum absolute atomic E-state index is 12.8. The molecule has 2 N–H and O–H groups in total. The topological polar surface area (TPSA) is 112 Å². The number of aliphatic carboxylic acids is 1. The number of aromatic amines is 1. The minimum atomic E-state index is -1.14. The van der Waals surface area contributed by atoms with Crippen molar-refractivity contribution in [1.29, 1.82) is 0 Å². The molecule has 2 aromatic heterocycles. The van der Waals surface area contributed by atoms with Gasteiger partial charge in [-0.25, -0.2) is 9.78 Å². The van der Waals surface area contributed by atoms with Gasteiger partial charge in [-0.15, -0.1) is 0 Å². The van der Waals surface area contributed by atoms with Gasteiger partial charge in [-0.3, -0.25) is 14.8 Å². The summed E-state index contributed by atoms with van der Waals surface area (Å²) in [6.07, 6.45) is 3.22. The van der Waals surface area contributed by atoms with E-state index in [2.05, 4.69) is 51.8 Å². The summed E-state index contributed by atoms with van der Waals surface area (Å²) in [5, 5.41) is 10.4. The van der Waals surface area contributed by atoms with Gasteiger partial charge in [0.25, 0.3) is 5.56 Å². The van der Waals surface area contributed by atoms with Crippen molar-refractivity contribution in [2.45, 2.75) is 86.0 Å². The van der Waals surface area contributed by atoms with Crippen molar-refractivity contribution in [2.75, 3.05) is 29.4 Å². The number of anilines is 2. The Balaban J connectivity index is 1.62. The maximum atomic E-state index is 12.8. The molecule has 3 aromatic rings. The number of fused-ring (bicyclic) bond motifs is 1. The van der Waals surface area contributed by atoms with Crippen LogP contribution in [0.3, 0.4) is 0 Å². The lowest BCUT2D eigenvalue weighted by molar-refractivity contribution is -0.160. The van der Waals surface area contributed by atoms with Gasteiger partial charge < -0.3 is 19.6 Å². The number of nitrogens with one attached hydrogen (secondary N) is 1. The van der Waals surface area contributed by atoms with Crippen molar-refractivity contribution < 1.29 is 14.6 Å². The summed E-state index contributed by atoms with van der Waals surface area (Å²) >= 11 is 0. The number of carboxylic acids is 1. The van der Waals surface area contributed by atoms with Crippen LogP contribution in [-0.2, 0) is 22.5 Å². The first kappa shape index (κ1) is 29.8. The summed E-state index contributed by atoms with van der Waals surface area (Å²) in [5.41, 5.74) is 6.95. The zero-order valence-corrected chi connectivity index (χ0v) is 25.9. The Hall–Kier alpha value is -3.72. The van der Waals surface area contributed by atoms with Crippen LogP contribution in [0.5, 0.6) is 0 Å². The Morgan fingerprint density at radius 3 is 2.40 bits per heavy atom. The Kier molecular flexibility index (Phi) is 7.91. The number of ether oxygens (including phenoxy) is 1. The summed E-state index contributed by atoms with van der Waals surface area (Å²) in [6, 6.07) is 7.90. The van der Waals surface area contributed by atoms with Crippen molar-refractivity contribution >= 4 is 17.6 Å². The van der Waals surface area contributed by atoms with Crippen LogP contribution in [0.2, 0.25) is 0 Å². The molecule has 0 radical (unpaired) electrons. The number of aromatic nitrogens is 3. The van der Waals surface area contributed by atoms with E-state index < -0.39 is 17.7 Å². The van der Waals surface area contributed by atoms with Crippen LogP contribution in [-0.4, -0.2) is 51.3 Å². The average molecular weight is 574 g/mol. The van der Waals surface area contributed by atoms with Crippen LogP contribution in [0, 0.1) is 19.3 Å². The lowest BCUT2D eigenvalue weighted by Gasteiger charge is -2.41. The van der Waals surface area contributed by atoms with Gasteiger partial charge in [0.15, 0.2) is 6.10 Å². The molecule has 1 fully saturated rings. The fraction of sp³-hybridized carbons (Fsp3) is 0.515. The third-order valence-electron chi connectivity index (χ3n) is 8.43. The standard InChI is InChI=1S/C33H43N5O4/c1-20-26(23-8-9-24-19-38(15-11-22(24)18-23)31-34-14-10-25(39)36-31)28(37-16-12-33(6,7)13-17-37)27(21(2)35-20)29(30(40)41)42-32(3,4)5/h8-10,14,18,29H,11-13,15-17,19H2,1-7H3,(H,40,41)(H,34,36,39)/t29-/m0/s1. The SMILES string of the molecule is Cc1nc(C)c([C@H](OC(C)(C)C)C(=O)O)c(N2CCC(C)(C)CC2)c1-c1ccc2c(c1)CCN(c1nccc(=O)[nH]1)C2. The molecule has 0 spiro atoms. The number of pyridine rings is 1. The first-order chi connectivity index (χ1) is 19.7. The molecule has 1 aromatic carbocycles. The number of rotatable bonds is 6. The lowest BCUT2D eigenvalue weighted by Crippen LogP contribution is -2.39. The van der Waals surface area contributed by atoms with Crippen LogP contribution in [0.15, 0.2) is 35.3 Å². The molecule has 2 aliphatic rings. The van der Waals surface area contributed by atoms with Crippen molar-refractivity contribution in [1.82, 2.24) is 15.0 Å². The van der Waals surface area contributed by atoms with Crippen molar-refractivity contribution in [3.8, 4) is 11.1 Å². The Morgan fingerprint density at radius 2 is 1.76 bits per heavy atom. The molecule has 5 rings (SSSR count). The van der Waals surface area contributed by atoms with E-state index in [9.17, 15) is 14.7 Å². The largest absolute Gasteiger partial charge is 0.479 e. The van der Waals surface area contributed by atoms with Gasteiger partial charge in [-0.2, -0.15) is 0 Å². The van der Waals surface area contributed by atoms with Crippen LogP contribution in [0.25, 0.3) is 11.1 Å². The summed E-state index contributed by atoms with van der Waals surface area (Å²) in [5.74, 6) is -0.435. The zero-order chi connectivity index (χ0) is 30.4. The van der Waals surface area contributed by atoms with Crippen LogP contribution >= 0.6 is 0 Å². The molecule has 0 unspecified atom stereocenters. The third kappa shape index (κ3) is 6.21. The molecule has 9 nitrogen and oxygen atoms in total. The van der Waals surface area contributed by atoms with Crippen LogP contribution in [0.1, 0.15) is 81.6 Å². The molecule has 9 heteroatoms. The summed E-state index contributed by atoms with van der Waals surface area (Å²) in [6.45, 7) is 17.2. The number of benzene rings is 1. The number of carboxylic acid groups (broad SMARTS) is 1. The first-order valence-electron chi connectivity index (χ1n) is 14.8. The summed E-state index contributed by atoms with van der Waals surface area (Å²) < 4.78 is 6.22. The van der Waals surface area contributed by atoms with E-state index in [0.29, 0.717) is 23.8 Å². The molecule has 1 atom stereocenters. The number of piperidine rings is 1. The molecule has 1 saturated heterocycles. The molecule has 0 amide bonds. The Labute approximate surface area is 248 Å². The first-order valence-corrected chi connectivity index (χ1v) is 14.8. The highest BCUT2D eigenvalue weighted by Gasteiger charge is 2.36. The normalized spacial score (nSPS) is 17.6. The van der Waals surface area contributed by atoms with Gasteiger partial charge in [0.1, 0.15) is 0 Å². The van der Waals surface area contributed by atoms with Gasteiger partial charge in [-0.1, -0.05) is 32.0 Å². The third-order valence-corrected chi connectivity index (χ3v) is 8.43. The second-order valence-corrected chi connectivity index (χ2v) is 13.4. The Morgan fingerprint density at radius 1 is 1.05 bits per heavy atom. The predicted molar refractivity (Wildman–Crippen MR) is 165 cm³/mol. The molecule has 224 valence electrons. The number of H-pyrrole nitrogens is 1. The zero-order valence-electron chi connectivity index (χ0n) is 25.9. The minimum absolute atomic E-state index is 0.164. The quantitative estimate of drug-likeness (QED) is 0.393. The van der Waals surface area contributed by atoms with Gasteiger partial charge in [0.05, 0.1) is 11.3 Å². The lowest BCUT2D eigenvalue weighted by atomic mass is 9.81. The highest BCUT2D eigenvalue weighted by Crippen LogP contribution is 2.45.